The first-order valence-corrected chi connectivity index (χ1v) is 10.7. The van der Waals surface area contributed by atoms with E-state index in [4.69, 9.17) is 4.74 Å². The first-order valence-electron chi connectivity index (χ1n) is 10.7. The smallest absolute Gasteiger partial charge is 0.329 e. The standard InChI is InChI=1S/C27H22N2O4/c1-33-27(32)24(29-25(30)21-12-5-6-13-22(21)26(29)31)15-19-17-28(16-18-9-3-2-4-10-18)23-14-8-7-11-20(19)23/h2-14,17,24H,15-16H2,1H3/t24-/m0/s1. The number of benzene rings is 3. The van der Waals surface area contributed by atoms with Crippen LogP contribution < -0.4 is 0 Å². The lowest BCUT2D eigenvalue weighted by Crippen LogP contribution is -2.46. The van der Waals surface area contributed by atoms with Crippen LogP contribution in [0.25, 0.3) is 10.9 Å². The van der Waals surface area contributed by atoms with E-state index in [9.17, 15) is 14.4 Å². The van der Waals surface area contributed by atoms with Gasteiger partial charge in [-0.1, -0.05) is 60.7 Å². The van der Waals surface area contributed by atoms with Gasteiger partial charge in [0.05, 0.1) is 18.2 Å². The molecular weight excluding hydrogens is 416 g/mol. The minimum atomic E-state index is -1.06. The van der Waals surface area contributed by atoms with Gasteiger partial charge in [0.25, 0.3) is 11.8 Å². The lowest BCUT2D eigenvalue weighted by molar-refractivity contribution is -0.145. The molecule has 164 valence electrons. The van der Waals surface area contributed by atoms with Gasteiger partial charge in [0.15, 0.2) is 0 Å². The van der Waals surface area contributed by atoms with Crippen LogP contribution in [0.1, 0.15) is 31.8 Å². The maximum atomic E-state index is 13.1. The summed E-state index contributed by atoms with van der Waals surface area (Å²) in [6.07, 6.45) is 2.16. The van der Waals surface area contributed by atoms with Crippen LogP contribution in [0.4, 0.5) is 0 Å². The SMILES string of the molecule is COC(=O)[C@H](Cc1cn(Cc2ccccc2)c2ccccc12)N1C(=O)c2ccccc2C1=O. The summed E-state index contributed by atoms with van der Waals surface area (Å²) in [5.41, 5.74) is 3.65. The van der Waals surface area contributed by atoms with Crippen LogP contribution in [0.5, 0.6) is 0 Å². The van der Waals surface area contributed by atoms with Gasteiger partial charge >= 0.3 is 5.97 Å². The summed E-state index contributed by atoms with van der Waals surface area (Å²) in [6.45, 7) is 0.664. The molecule has 0 aliphatic carbocycles. The minimum Gasteiger partial charge on any atom is -0.467 e. The summed E-state index contributed by atoms with van der Waals surface area (Å²) in [5, 5.41) is 0.971. The van der Waals surface area contributed by atoms with E-state index >= 15 is 0 Å². The average molecular weight is 438 g/mol. The third kappa shape index (κ3) is 3.59. The molecule has 6 nitrogen and oxygen atoms in total. The fourth-order valence-corrected chi connectivity index (χ4v) is 4.51. The first kappa shape index (κ1) is 20.7. The third-order valence-corrected chi connectivity index (χ3v) is 6.09. The van der Waals surface area contributed by atoms with E-state index in [1.54, 1.807) is 24.3 Å². The van der Waals surface area contributed by atoms with E-state index in [1.807, 2.05) is 48.7 Å². The van der Waals surface area contributed by atoms with Crippen LogP contribution in [0.15, 0.2) is 85.1 Å². The molecule has 5 rings (SSSR count). The van der Waals surface area contributed by atoms with Gasteiger partial charge in [-0.05, 0) is 29.3 Å². The summed E-state index contributed by atoms with van der Waals surface area (Å²) in [7, 11) is 1.27. The van der Waals surface area contributed by atoms with Crippen molar-refractivity contribution in [3.8, 4) is 0 Å². The van der Waals surface area contributed by atoms with Crippen molar-refractivity contribution in [2.45, 2.75) is 19.0 Å². The molecule has 0 bridgehead atoms. The second kappa shape index (κ2) is 8.39. The molecule has 6 heteroatoms. The number of rotatable bonds is 6. The number of hydrogen-bond donors (Lipinski definition) is 0. The third-order valence-electron chi connectivity index (χ3n) is 6.09. The van der Waals surface area contributed by atoms with E-state index in [1.165, 1.54) is 7.11 Å². The van der Waals surface area contributed by atoms with Crippen molar-refractivity contribution >= 4 is 28.7 Å². The number of imide groups is 1. The summed E-state index contributed by atoms with van der Waals surface area (Å²) in [4.78, 5) is 40.0. The lowest BCUT2D eigenvalue weighted by Gasteiger charge is -2.23. The molecule has 1 atom stereocenters. The van der Waals surface area contributed by atoms with Gasteiger partial charge in [-0.3, -0.25) is 14.5 Å². The van der Waals surface area contributed by atoms with Crippen LogP contribution in [0.2, 0.25) is 0 Å². The van der Waals surface area contributed by atoms with Crippen LogP contribution >= 0.6 is 0 Å². The van der Waals surface area contributed by atoms with Gasteiger partial charge in [-0.15, -0.1) is 0 Å². The largest absolute Gasteiger partial charge is 0.467 e. The zero-order valence-corrected chi connectivity index (χ0v) is 18.1. The molecule has 33 heavy (non-hydrogen) atoms. The second-order valence-electron chi connectivity index (χ2n) is 8.05. The number of para-hydroxylation sites is 1. The van der Waals surface area contributed by atoms with E-state index in [0.29, 0.717) is 17.7 Å². The Morgan fingerprint density at radius 2 is 1.45 bits per heavy atom. The number of aromatic nitrogens is 1. The number of carbonyl (C=O) groups excluding carboxylic acids is 3. The van der Waals surface area contributed by atoms with Crippen molar-refractivity contribution in [3.63, 3.8) is 0 Å². The van der Waals surface area contributed by atoms with Crippen LogP contribution in [0, 0.1) is 0 Å². The quantitative estimate of drug-likeness (QED) is 0.336. The first-order chi connectivity index (χ1) is 16.1. The molecule has 0 N–H and O–H groups in total. The topological polar surface area (TPSA) is 68.6 Å². The van der Waals surface area contributed by atoms with E-state index in [2.05, 4.69) is 16.7 Å². The molecule has 0 unspecified atom stereocenters. The minimum absolute atomic E-state index is 0.167. The Kier molecular flexibility index (Phi) is 5.26. The Morgan fingerprint density at radius 3 is 2.12 bits per heavy atom. The van der Waals surface area contributed by atoms with E-state index < -0.39 is 23.8 Å². The van der Waals surface area contributed by atoms with Crippen molar-refractivity contribution < 1.29 is 19.1 Å². The molecule has 3 aromatic carbocycles. The van der Waals surface area contributed by atoms with E-state index in [0.717, 1.165) is 26.9 Å². The number of carbonyl (C=O) groups is 3. The number of hydrogen-bond acceptors (Lipinski definition) is 4. The molecule has 4 aromatic rings. The van der Waals surface area contributed by atoms with Crippen molar-refractivity contribution in [2.24, 2.45) is 0 Å². The summed E-state index contributed by atoms with van der Waals surface area (Å²) in [5.74, 6) is -1.57. The Hall–Kier alpha value is -4.19. The molecule has 0 saturated carbocycles. The number of nitrogens with zero attached hydrogens (tertiary/aromatic N) is 2. The predicted octanol–water partition coefficient (Wildman–Crippen LogP) is 4.07. The Morgan fingerprint density at radius 1 is 0.848 bits per heavy atom. The number of ether oxygens (including phenoxy) is 1. The number of esters is 1. The number of methoxy groups -OCH3 is 1. The molecule has 0 fully saturated rings. The van der Waals surface area contributed by atoms with E-state index in [-0.39, 0.29) is 6.42 Å². The van der Waals surface area contributed by atoms with Crippen molar-refractivity contribution in [1.82, 2.24) is 9.47 Å². The molecule has 1 aromatic heterocycles. The monoisotopic (exact) mass is 438 g/mol. The number of amides is 2. The lowest BCUT2D eigenvalue weighted by atomic mass is 10.0. The second-order valence-corrected chi connectivity index (χ2v) is 8.05. The van der Waals surface area contributed by atoms with Gasteiger partial charge < -0.3 is 9.30 Å². The fraction of sp³-hybridized carbons (Fsp3) is 0.148. The Bertz CT molecular complexity index is 1340. The molecule has 2 heterocycles. The van der Waals surface area contributed by atoms with Crippen molar-refractivity contribution in [1.29, 1.82) is 0 Å². The van der Waals surface area contributed by atoms with Gasteiger partial charge in [0.2, 0.25) is 0 Å². The summed E-state index contributed by atoms with van der Waals surface area (Å²) >= 11 is 0. The highest BCUT2D eigenvalue weighted by molar-refractivity contribution is 6.22. The summed E-state index contributed by atoms with van der Waals surface area (Å²) < 4.78 is 7.14. The van der Waals surface area contributed by atoms with Gasteiger partial charge in [-0.25, -0.2) is 4.79 Å². The van der Waals surface area contributed by atoms with Crippen LogP contribution in [-0.2, 0) is 22.5 Å². The fourth-order valence-electron chi connectivity index (χ4n) is 4.51. The highest BCUT2D eigenvalue weighted by atomic mass is 16.5. The maximum Gasteiger partial charge on any atom is 0.329 e. The Labute approximate surface area is 191 Å². The predicted molar refractivity (Wildman–Crippen MR) is 124 cm³/mol. The van der Waals surface area contributed by atoms with Gasteiger partial charge in [0.1, 0.15) is 6.04 Å². The average Bonchev–Trinajstić information content (AvgIpc) is 3.32. The van der Waals surface area contributed by atoms with Crippen molar-refractivity contribution in [2.75, 3.05) is 7.11 Å². The molecule has 1 aliphatic heterocycles. The molecule has 1 aliphatic rings. The summed E-state index contributed by atoms with van der Waals surface area (Å²) in [6, 6.07) is 23.6. The van der Waals surface area contributed by atoms with Crippen LogP contribution in [-0.4, -0.2) is 40.4 Å². The molecule has 0 radical (unpaired) electrons. The molecule has 2 amide bonds. The van der Waals surface area contributed by atoms with Crippen molar-refractivity contribution in [3.05, 3.63) is 107 Å². The highest BCUT2D eigenvalue weighted by Crippen LogP contribution is 2.29. The zero-order valence-electron chi connectivity index (χ0n) is 18.1. The molecule has 0 saturated heterocycles. The van der Waals surface area contributed by atoms with Gasteiger partial charge in [0, 0.05) is 30.1 Å². The van der Waals surface area contributed by atoms with Crippen LogP contribution in [0.3, 0.4) is 0 Å². The highest BCUT2D eigenvalue weighted by Gasteiger charge is 2.43. The maximum absolute atomic E-state index is 13.1. The Balaban J connectivity index is 1.54. The molecule has 0 spiro atoms. The number of fused-ring (bicyclic) bond motifs is 2. The van der Waals surface area contributed by atoms with Gasteiger partial charge in [-0.2, -0.15) is 0 Å². The normalized spacial score (nSPS) is 13.9. The molecular formula is C27H22N2O4. The zero-order chi connectivity index (χ0) is 22.9.